The molecule has 0 bridgehead atoms. The van der Waals surface area contributed by atoms with E-state index in [1.54, 1.807) is 43.8 Å². The highest BCUT2D eigenvalue weighted by Gasteiger charge is 2.34. The number of rotatable bonds is 6. The summed E-state index contributed by atoms with van der Waals surface area (Å²) >= 11 is 1.60. The molecule has 1 aliphatic rings. The lowest BCUT2D eigenvalue weighted by Gasteiger charge is -2.31. The molecule has 1 aromatic heterocycles. The lowest BCUT2D eigenvalue weighted by Crippen LogP contribution is -2.43. The van der Waals surface area contributed by atoms with Gasteiger partial charge >= 0.3 is 0 Å². The Morgan fingerprint density at radius 1 is 1.21 bits per heavy atom. The van der Waals surface area contributed by atoms with E-state index in [1.165, 1.54) is 4.31 Å². The number of anilines is 1. The third kappa shape index (κ3) is 5.13. The number of amides is 1. The van der Waals surface area contributed by atoms with E-state index in [4.69, 9.17) is 4.52 Å². The minimum absolute atomic E-state index is 0.140. The van der Waals surface area contributed by atoms with Gasteiger partial charge in [0.1, 0.15) is 0 Å². The Balaban J connectivity index is 1.54. The number of thioether (sulfide) groups is 1. The van der Waals surface area contributed by atoms with Crippen LogP contribution in [-0.2, 0) is 14.8 Å². The molecular weight excluding hydrogens is 460 g/mol. The molecule has 10 heteroatoms. The summed E-state index contributed by atoms with van der Waals surface area (Å²) in [4.78, 5) is 18.4. The lowest BCUT2D eigenvalue weighted by atomic mass is 9.99. The minimum atomic E-state index is -3.80. The van der Waals surface area contributed by atoms with Gasteiger partial charge in [0.2, 0.25) is 27.6 Å². The number of piperidine rings is 1. The number of carbonyl (C=O) groups is 1. The van der Waals surface area contributed by atoms with Gasteiger partial charge in [-0.05, 0) is 55.9 Å². The largest absolute Gasteiger partial charge is 0.339 e. The van der Waals surface area contributed by atoms with Crippen LogP contribution in [0, 0.1) is 19.8 Å². The third-order valence-electron chi connectivity index (χ3n) is 5.68. The Morgan fingerprint density at radius 3 is 2.76 bits per heavy atom. The molecule has 1 N–H and O–H groups in total. The van der Waals surface area contributed by atoms with Crippen molar-refractivity contribution in [1.29, 1.82) is 0 Å². The summed E-state index contributed by atoms with van der Waals surface area (Å²) in [6.45, 7) is 3.95. The molecule has 1 aliphatic heterocycles. The molecule has 174 valence electrons. The van der Waals surface area contributed by atoms with E-state index in [-0.39, 0.29) is 17.3 Å². The first-order valence-corrected chi connectivity index (χ1v) is 13.3. The number of sulfonamides is 1. The van der Waals surface area contributed by atoms with Crippen LogP contribution < -0.4 is 5.32 Å². The van der Waals surface area contributed by atoms with E-state index in [1.807, 2.05) is 30.5 Å². The van der Waals surface area contributed by atoms with Gasteiger partial charge in [0.15, 0.2) is 0 Å². The molecule has 1 fully saturated rings. The number of hydrogen-bond acceptors (Lipinski definition) is 7. The Kier molecular flexibility index (Phi) is 6.87. The normalized spacial score (nSPS) is 17.1. The summed E-state index contributed by atoms with van der Waals surface area (Å²) < 4.78 is 33.5. The molecule has 0 unspecified atom stereocenters. The van der Waals surface area contributed by atoms with Crippen molar-refractivity contribution in [3.05, 3.63) is 53.9 Å². The van der Waals surface area contributed by atoms with Gasteiger partial charge in [0.25, 0.3) is 0 Å². The first-order valence-electron chi connectivity index (χ1n) is 10.6. The maximum Gasteiger partial charge on any atom is 0.243 e. The molecule has 2 heterocycles. The van der Waals surface area contributed by atoms with Gasteiger partial charge in [-0.1, -0.05) is 23.4 Å². The number of aryl methyl sites for hydroxylation is 2. The second-order valence-corrected chi connectivity index (χ2v) is 10.8. The van der Waals surface area contributed by atoms with Crippen LogP contribution in [0.15, 0.2) is 56.8 Å². The third-order valence-corrected chi connectivity index (χ3v) is 8.42. The van der Waals surface area contributed by atoms with E-state index >= 15 is 0 Å². The average Bonchev–Trinajstić information content (AvgIpc) is 3.25. The SMILES string of the molecule is CSc1cccc(NC(=O)[C@@H]2CCCN(S(=O)(=O)c3cc(-c4noc(C)n4)ccc3C)C2)c1. The molecule has 0 radical (unpaired) electrons. The fourth-order valence-electron chi connectivity index (χ4n) is 3.89. The lowest BCUT2D eigenvalue weighted by molar-refractivity contribution is -0.120. The van der Waals surface area contributed by atoms with Crippen molar-refractivity contribution in [2.24, 2.45) is 5.92 Å². The molecule has 8 nitrogen and oxygen atoms in total. The van der Waals surface area contributed by atoms with Crippen LogP contribution in [0.4, 0.5) is 5.69 Å². The molecular formula is C23H26N4O4S2. The van der Waals surface area contributed by atoms with Crippen molar-refractivity contribution >= 4 is 33.4 Å². The van der Waals surface area contributed by atoms with E-state index in [0.717, 1.165) is 4.90 Å². The second-order valence-electron chi connectivity index (χ2n) is 8.04. The molecule has 4 rings (SSSR count). The maximum atomic E-state index is 13.5. The van der Waals surface area contributed by atoms with Gasteiger partial charge in [-0.25, -0.2) is 8.42 Å². The van der Waals surface area contributed by atoms with Crippen LogP contribution in [0.25, 0.3) is 11.4 Å². The summed E-state index contributed by atoms with van der Waals surface area (Å²) in [7, 11) is -3.80. The van der Waals surface area contributed by atoms with Crippen molar-refractivity contribution in [3.8, 4) is 11.4 Å². The van der Waals surface area contributed by atoms with Crippen molar-refractivity contribution < 1.29 is 17.7 Å². The Hall–Kier alpha value is -2.69. The standard InChI is InChI=1S/C23H26N4O4S2/c1-15-9-10-17(22-24-16(2)31-26-22)12-21(15)33(29,30)27-11-5-6-18(14-27)23(28)25-19-7-4-8-20(13-19)32-3/h4,7-10,12-13,18H,5-6,11,14H2,1-3H3,(H,25,28)/t18-/m1/s1. The minimum Gasteiger partial charge on any atom is -0.339 e. The van der Waals surface area contributed by atoms with Crippen LogP contribution in [0.1, 0.15) is 24.3 Å². The van der Waals surface area contributed by atoms with Crippen molar-refractivity contribution in [1.82, 2.24) is 14.4 Å². The molecule has 33 heavy (non-hydrogen) atoms. The van der Waals surface area contributed by atoms with E-state index in [9.17, 15) is 13.2 Å². The highest BCUT2D eigenvalue weighted by Crippen LogP contribution is 2.29. The summed E-state index contributed by atoms with van der Waals surface area (Å²) in [6, 6.07) is 12.7. The predicted octanol–water partition coefficient (Wildman–Crippen LogP) is 4.11. The first-order chi connectivity index (χ1) is 15.8. The zero-order valence-electron chi connectivity index (χ0n) is 18.7. The number of nitrogens with one attached hydrogen (secondary N) is 1. The van der Waals surface area contributed by atoms with E-state index < -0.39 is 15.9 Å². The number of nitrogens with zero attached hydrogens (tertiary/aromatic N) is 3. The van der Waals surface area contributed by atoms with Crippen LogP contribution in [0.2, 0.25) is 0 Å². The summed E-state index contributed by atoms with van der Waals surface area (Å²) in [5, 5.41) is 6.83. The molecule has 2 aromatic carbocycles. The monoisotopic (exact) mass is 486 g/mol. The first kappa shape index (κ1) is 23.5. The number of hydrogen-bond donors (Lipinski definition) is 1. The summed E-state index contributed by atoms with van der Waals surface area (Å²) in [6.07, 6.45) is 3.23. The van der Waals surface area contributed by atoms with Crippen LogP contribution in [0.3, 0.4) is 0 Å². The number of carbonyl (C=O) groups excluding carboxylic acids is 1. The Labute approximate surface area is 197 Å². The highest BCUT2D eigenvalue weighted by atomic mass is 32.2. The highest BCUT2D eigenvalue weighted by molar-refractivity contribution is 7.98. The second kappa shape index (κ2) is 9.66. The number of benzene rings is 2. The Morgan fingerprint density at radius 2 is 2.03 bits per heavy atom. The van der Waals surface area contributed by atoms with Crippen molar-refractivity contribution in [2.45, 2.75) is 36.5 Å². The molecule has 0 aliphatic carbocycles. The Bertz CT molecular complexity index is 1270. The number of aromatic nitrogens is 2. The van der Waals surface area contributed by atoms with Crippen molar-refractivity contribution in [3.63, 3.8) is 0 Å². The van der Waals surface area contributed by atoms with Gasteiger partial charge in [-0.2, -0.15) is 9.29 Å². The molecule has 3 aromatic rings. The van der Waals surface area contributed by atoms with Gasteiger partial charge in [-0.3, -0.25) is 4.79 Å². The smallest absolute Gasteiger partial charge is 0.243 e. The maximum absolute atomic E-state index is 13.5. The zero-order chi connectivity index (χ0) is 23.6. The van der Waals surface area contributed by atoms with Crippen molar-refractivity contribution in [2.75, 3.05) is 24.7 Å². The predicted molar refractivity (Wildman–Crippen MR) is 128 cm³/mol. The molecule has 0 saturated carbocycles. The van der Waals surface area contributed by atoms with Crippen LogP contribution in [-0.4, -0.2) is 48.1 Å². The van der Waals surface area contributed by atoms with E-state index in [0.29, 0.717) is 47.9 Å². The topological polar surface area (TPSA) is 105 Å². The molecule has 1 saturated heterocycles. The van der Waals surface area contributed by atoms with E-state index in [2.05, 4.69) is 15.5 Å². The average molecular weight is 487 g/mol. The van der Waals surface area contributed by atoms with Crippen LogP contribution >= 0.6 is 11.8 Å². The fourth-order valence-corrected chi connectivity index (χ4v) is 6.13. The summed E-state index contributed by atoms with van der Waals surface area (Å²) in [5.74, 6) is 0.158. The van der Waals surface area contributed by atoms with Gasteiger partial charge in [0.05, 0.1) is 10.8 Å². The van der Waals surface area contributed by atoms with Gasteiger partial charge in [0, 0.05) is 36.2 Å². The zero-order valence-corrected chi connectivity index (χ0v) is 20.4. The van der Waals surface area contributed by atoms with Crippen LogP contribution in [0.5, 0.6) is 0 Å². The molecule has 0 spiro atoms. The molecule has 1 amide bonds. The fraction of sp³-hybridized carbons (Fsp3) is 0.348. The van der Waals surface area contributed by atoms with Gasteiger partial charge < -0.3 is 9.84 Å². The molecule has 1 atom stereocenters. The summed E-state index contributed by atoms with van der Waals surface area (Å²) in [5.41, 5.74) is 1.90. The van der Waals surface area contributed by atoms with Gasteiger partial charge in [-0.15, -0.1) is 11.8 Å². The quantitative estimate of drug-likeness (QED) is 0.523.